The monoisotopic (exact) mass is 275 g/mol. The van der Waals surface area contributed by atoms with Gasteiger partial charge in [-0.1, -0.05) is 0 Å². The molecule has 106 valence electrons. The maximum absolute atomic E-state index is 11.4. The largest absolute Gasteiger partial charge is 0.377 e. The molecule has 0 aromatic carbocycles. The van der Waals surface area contributed by atoms with Crippen LogP contribution in [0.2, 0.25) is 0 Å². The van der Waals surface area contributed by atoms with Gasteiger partial charge in [-0.2, -0.15) is 0 Å². The predicted molar refractivity (Wildman–Crippen MR) is 74.4 cm³/mol. The molecule has 0 aliphatic carbocycles. The number of ether oxygens (including phenoxy) is 1. The van der Waals surface area contributed by atoms with Crippen molar-refractivity contribution in [1.82, 2.24) is 19.9 Å². The Hall–Kier alpha value is -2.28. The Morgan fingerprint density at radius 1 is 1.20 bits per heavy atom. The van der Waals surface area contributed by atoms with Crippen LogP contribution in [0.15, 0.2) is 16.9 Å². The van der Waals surface area contributed by atoms with Crippen LogP contribution < -0.4 is 10.9 Å². The van der Waals surface area contributed by atoms with E-state index in [0.29, 0.717) is 36.3 Å². The van der Waals surface area contributed by atoms with Gasteiger partial charge >= 0.3 is 0 Å². The summed E-state index contributed by atoms with van der Waals surface area (Å²) in [6.07, 6.45) is 0. The van der Waals surface area contributed by atoms with Gasteiger partial charge in [-0.15, -0.1) is 0 Å². The summed E-state index contributed by atoms with van der Waals surface area (Å²) < 4.78 is 5.02. The van der Waals surface area contributed by atoms with E-state index in [9.17, 15) is 4.79 Å². The van der Waals surface area contributed by atoms with Crippen molar-refractivity contribution in [3.63, 3.8) is 0 Å². The van der Waals surface area contributed by atoms with Gasteiger partial charge < -0.3 is 15.0 Å². The average molecular weight is 275 g/mol. The fraction of sp³-hybridized carbons (Fsp3) is 0.385. The van der Waals surface area contributed by atoms with Gasteiger partial charge in [-0.05, 0) is 13.8 Å². The molecule has 0 atom stereocenters. The summed E-state index contributed by atoms with van der Waals surface area (Å²) in [5.41, 5.74) is 1.37. The summed E-state index contributed by atoms with van der Waals surface area (Å²) in [5.74, 6) is 1.86. The summed E-state index contributed by atoms with van der Waals surface area (Å²) in [4.78, 5) is 26.8. The van der Waals surface area contributed by atoms with Gasteiger partial charge in [0.2, 0.25) is 0 Å². The molecule has 0 spiro atoms. The van der Waals surface area contributed by atoms with Crippen LogP contribution in [-0.4, -0.2) is 27.0 Å². The van der Waals surface area contributed by atoms with Crippen molar-refractivity contribution in [3.05, 3.63) is 45.5 Å². The molecule has 0 aliphatic heterocycles. The molecule has 7 nitrogen and oxygen atoms in total. The van der Waals surface area contributed by atoms with Gasteiger partial charge in [-0.3, -0.25) is 4.79 Å². The number of methoxy groups -OCH3 is 1. The van der Waals surface area contributed by atoms with E-state index in [4.69, 9.17) is 4.74 Å². The molecule has 0 radical (unpaired) electrons. The van der Waals surface area contributed by atoms with Crippen LogP contribution in [0.5, 0.6) is 0 Å². The fourth-order valence-corrected chi connectivity index (χ4v) is 1.81. The number of hydrogen-bond donors (Lipinski definition) is 2. The SMILES string of the molecule is COCc1nc(C)cc(NCc2nc(C)cc(=O)[nH]2)n1. The Balaban J connectivity index is 2.12. The number of aromatic amines is 1. The first-order valence-electron chi connectivity index (χ1n) is 6.21. The van der Waals surface area contributed by atoms with Gasteiger partial charge in [-0.25, -0.2) is 15.0 Å². The molecular weight excluding hydrogens is 258 g/mol. The Morgan fingerprint density at radius 3 is 2.65 bits per heavy atom. The van der Waals surface area contributed by atoms with E-state index in [2.05, 4.69) is 25.3 Å². The number of aromatic nitrogens is 4. The molecule has 20 heavy (non-hydrogen) atoms. The molecule has 0 fully saturated rings. The smallest absolute Gasteiger partial charge is 0.251 e. The highest BCUT2D eigenvalue weighted by atomic mass is 16.5. The zero-order valence-corrected chi connectivity index (χ0v) is 11.7. The van der Waals surface area contributed by atoms with Crippen LogP contribution in [-0.2, 0) is 17.9 Å². The zero-order valence-electron chi connectivity index (χ0n) is 11.7. The van der Waals surface area contributed by atoms with Gasteiger partial charge in [0.25, 0.3) is 5.56 Å². The Kier molecular flexibility index (Phi) is 4.41. The standard InChI is InChI=1S/C13H17N5O2/c1-8-4-10(17-12(16-8)7-20-3)14-6-11-15-9(2)5-13(19)18-11/h4-5H,6-7H2,1-3H3,(H,14,16,17)(H,15,18,19). The number of anilines is 1. The molecule has 0 saturated heterocycles. The molecule has 2 aromatic heterocycles. The van der Waals surface area contributed by atoms with Gasteiger partial charge in [0.05, 0.1) is 6.54 Å². The van der Waals surface area contributed by atoms with Crippen molar-refractivity contribution in [2.24, 2.45) is 0 Å². The minimum Gasteiger partial charge on any atom is -0.377 e. The lowest BCUT2D eigenvalue weighted by molar-refractivity contribution is 0.177. The molecule has 0 aliphatic rings. The predicted octanol–water partition coefficient (Wildman–Crippen LogP) is 0.935. The summed E-state index contributed by atoms with van der Waals surface area (Å²) in [6, 6.07) is 3.28. The number of rotatable bonds is 5. The lowest BCUT2D eigenvalue weighted by Crippen LogP contribution is -2.15. The first kappa shape index (κ1) is 14.1. The molecule has 0 unspecified atom stereocenters. The van der Waals surface area contributed by atoms with E-state index in [1.54, 1.807) is 14.0 Å². The van der Waals surface area contributed by atoms with E-state index in [1.165, 1.54) is 6.07 Å². The quantitative estimate of drug-likeness (QED) is 0.843. The van der Waals surface area contributed by atoms with Gasteiger partial charge in [0.1, 0.15) is 18.2 Å². The number of aryl methyl sites for hydroxylation is 2. The molecule has 0 amide bonds. The van der Waals surface area contributed by atoms with E-state index < -0.39 is 0 Å². The van der Waals surface area contributed by atoms with Crippen LogP contribution in [0.4, 0.5) is 5.82 Å². The van der Waals surface area contributed by atoms with Crippen LogP contribution in [0.25, 0.3) is 0 Å². The summed E-state index contributed by atoms with van der Waals surface area (Å²) in [6.45, 7) is 4.42. The van der Waals surface area contributed by atoms with Crippen LogP contribution in [0, 0.1) is 13.8 Å². The van der Waals surface area contributed by atoms with Crippen molar-refractivity contribution in [1.29, 1.82) is 0 Å². The lowest BCUT2D eigenvalue weighted by Gasteiger charge is -2.08. The molecule has 0 bridgehead atoms. The second kappa shape index (κ2) is 6.25. The third-order valence-electron chi connectivity index (χ3n) is 2.53. The Labute approximate surface area is 116 Å². The highest BCUT2D eigenvalue weighted by molar-refractivity contribution is 5.35. The van der Waals surface area contributed by atoms with Crippen LogP contribution >= 0.6 is 0 Å². The summed E-state index contributed by atoms with van der Waals surface area (Å²) in [5, 5.41) is 3.12. The van der Waals surface area contributed by atoms with Gasteiger partial charge in [0, 0.05) is 30.6 Å². The maximum atomic E-state index is 11.4. The first-order chi connectivity index (χ1) is 9.56. The number of hydrogen-bond acceptors (Lipinski definition) is 6. The fourth-order valence-electron chi connectivity index (χ4n) is 1.81. The van der Waals surface area contributed by atoms with E-state index in [-0.39, 0.29) is 5.56 Å². The molecular formula is C13H17N5O2. The van der Waals surface area contributed by atoms with Crippen molar-refractivity contribution in [2.45, 2.75) is 27.0 Å². The van der Waals surface area contributed by atoms with Crippen molar-refractivity contribution < 1.29 is 4.74 Å². The van der Waals surface area contributed by atoms with Crippen molar-refractivity contribution >= 4 is 5.82 Å². The van der Waals surface area contributed by atoms with Crippen molar-refractivity contribution in [2.75, 3.05) is 12.4 Å². The zero-order chi connectivity index (χ0) is 14.5. The Bertz CT molecular complexity index is 653. The third-order valence-corrected chi connectivity index (χ3v) is 2.53. The molecule has 2 N–H and O–H groups in total. The summed E-state index contributed by atoms with van der Waals surface area (Å²) in [7, 11) is 1.60. The van der Waals surface area contributed by atoms with E-state index in [1.807, 2.05) is 13.0 Å². The molecule has 2 rings (SSSR count). The minimum absolute atomic E-state index is 0.159. The highest BCUT2D eigenvalue weighted by Crippen LogP contribution is 2.07. The van der Waals surface area contributed by atoms with Gasteiger partial charge in [0.15, 0.2) is 5.82 Å². The highest BCUT2D eigenvalue weighted by Gasteiger charge is 2.03. The molecule has 0 saturated carbocycles. The lowest BCUT2D eigenvalue weighted by atomic mass is 10.4. The first-order valence-corrected chi connectivity index (χ1v) is 6.21. The second-order valence-corrected chi connectivity index (χ2v) is 4.43. The normalized spacial score (nSPS) is 10.6. The average Bonchev–Trinajstić information content (AvgIpc) is 2.35. The maximum Gasteiger partial charge on any atom is 0.251 e. The topological polar surface area (TPSA) is 92.8 Å². The van der Waals surface area contributed by atoms with E-state index in [0.717, 1.165) is 5.69 Å². The minimum atomic E-state index is -0.159. The summed E-state index contributed by atoms with van der Waals surface area (Å²) >= 11 is 0. The number of nitrogens with one attached hydrogen (secondary N) is 2. The van der Waals surface area contributed by atoms with Crippen molar-refractivity contribution in [3.8, 4) is 0 Å². The third kappa shape index (κ3) is 3.86. The Morgan fingerprint density at radius 2 is 1.95 bits per heavy atom. The number of H-pyrrole nitrogens is 1. The second-order valence-electron chi connectivity index (χ2n) is 4.43. The molecule has 2 heterocycles. The molecule has 2 aromatic rings. The van der Waals surface area contributed by atoms with E-state index >= 15 is 0 Å². The van der Waals surface area contributed by atoms with Crippen LogP contribution in [0.1, 0.15) is 23.0 Å². The molecule has 7 heteroatoms. The van der Waals surface area contributed by atoms with Crippen LogP contribution in [0.3, 0.4) is 0 Å². The number of nitrogens with zero attached hydrogens (tertiary/aromatic N) is 3.